The Kier molecular flexibility index (Phi) is 5.22. The Morgan fingerprint density at radius 3 is 2.30 bits per heavy atom. The molecule has 2 rings (SSSR count). The Labute approximate surface area is 133 Å². The fourth-order valence-electron chi connectivity index (χ4n) is 2.12. The van der Waals surface area contributed by atoms with Crippen LogP contribution in [0.2, 0.25) is 5.02 Å². The first-order valence-electron chi connectivity index (χ1n) is 6.71. The molecule has 2 atom stereocenters. The first-order valence-corrected chi connectivity index (χ1v) is 8.01. The Balaban J connectivity index is 2.29. The van der Waals surface area contributed by atoms with Gasteiger partial charge in [0, 0.05) is 10.6 Å². The molecule has 0 radical (unpaired) electrons. The molecule has 2 aromatic rings. The van der Waals surface area contributed by atoms with Crippen molar-refractivity contribution in [3.63, 3.8) is 0 Å². The van der Waals surface area contributed by atoms with Gasteiger partial charge in [-0.05, 0) is 41.7 Å². The second-order valence-corrected chi connectivity index (χ2v) is 6.36. The topological polar surface area (TPSA) is 0 Å². The van der Waals surface area contributed by atoms with Crippen molar-refractivity contribution >= 4 is 27.5 Å². The van der Waals surface area contributed by atoms with Crippen molar-refractivity contribution in [2.75, 3.05) is 0 Å². The average molecular weight is 356 g/mol. The number of alkyl halides is 1. The molecular weight excluding hydrogens is 339 g/mol. The third kappa shape index (κ3) is 3.42. The van der Waals surface area contributed by atoms with Gasteiger partial charge in [-0.25, -0.2) is 4.39 Å². The van der Waals surface area contributed by atoms with Gasteiger partial charge in [0.2, 0.25) is 0 Å². The summed E-state index contributed by atoms with van der Waals surface area (Å²) in [5.41, 5.74) is 2.90. The van der Waals surface area contributed by atoms with E-state index in [0.717, 1.165) is 12.0 Å². The largest absolute Gasteiger partial charge is 0.207 e. The lowest BCUT2D eigenvalue weighted by Gasteiger charge is -2.14. The molecule has 0 saturated heterocycles. The summed E-state index contributed by atoms with van der Waals surface area (Å²) in [5.74, 6) is 0.294. The fourth-order valence-corrected chi connectivity index (χ4v) is 2.95. The maximum Gasteiger partial charge on any atom is 0.127 e. The molecule has 3 heteroatoms. The Bertz CT molecular complexity index is 580. The summed E-state index contributed by atoms with van der Waals surface area (Å²) < 4.78 is 13.9. The predicted octanol–water partition coefficient (Wildman–Crippen LogP) is 6.48. The van der Waals surface area contributed by atoms with Crippen molar-refractivity contribution in [2.45, 2.75) is 31.0 Å². The smallest absolute Gasteiger partial charge is 0.127 e. The summed E-state index contributed by atoms with van der Waals surface area (Å²) >= 11 is 9.51. The van der Waals surface area contributed by atoms with Gasteiger partial charge in [0.25, 0.3) is 0 Å². The normalized spacial score (nSPS) is 14.1. The molecule has 106 valence electrons. The zero-order valence-electron chi connectivity index (χ0n) is 11.5. The van der Waals surface area contributed by atoms with Gasteiger partial charge in [0.15, 0.2) is 0 Å². The van der Waals surface area contributed by atoms with Gasteiger partial charge in [-0.3, -0.25) is 0 Å². The minimum Gasteiger partial charge on any atom is -0.207 e. The van der Waals surface area contributed by atoms with Gasteiger partial charge < -0.3 is 0 Å². The lowest BCUT2D eigenvalue weighted by atomic mass is 9.96. The quantitative estimate of drug-likeness (QED) is 0.551. The van der Waals surface area contributed by atoms with Crippen LogP contribution in [0.15, 0.2) is 42.5 Å². The molecule has 2 unspecified atom stereocenters. The van der Waals surface area contributed by atoms with Gasteiger partial charge in [-0.2, -0.15) is 0 Å². The lowest BCUT2D eigenvalue weighted by molar-refractivity contribution is 0.613. The van der Waals surface area contributed by atoms with Crippen LogP contribution in [0.5, 0.6) is 0 Å². The van der Waals surface area contributed by atoms with Crippen LogP contribution < -0.4 is 0 Å². The van der Waals surface area contributed by atoms with Gasteiger partial charge >= 0.3 is 0 Å². The molecule has 0 saturated carbocycles. The van der Waals surface area contributed by atoms with Crippen LogP contribution in [0.1, 0.15) is 47.7 Å². The molecule has 0 fully saturated rings. The highest BCUT2D eigenvalue weighted by Crippen LogP contribution is 2.34. The lowest BCUT2D eigenvalue weighted by Crippen LogP contribution is -1.98. The SMILES string of the molecule is CCC(C)c1ccc(C(Br)c2cc(Cl)ccc2F)cc1. The van der Waals surface area contributed by atoms with Crippen LogP contribution in [-0.4, -0.2) is 0 Å². The summed E-state index contributed by atoms with van der Waals surface area (Å²) in [6, 6.07) is 12.9. The van der Waals surface area contributed by atoms with Crippen molar-refractivity contribution in [2.24, 2.45) is 0 Å². The number of rotatable bonds is 4. The third-order valence-corrected chi connectivity index (χ3v) is 4.90. The zero-order chi connectivity index (χ0) is 14.7. The fraction of sp³-hybridized carbons (Fsp3) is 0.294. The van der Waals surface area contributed by atoms with Gasteiger partial charge in [-0.1, -0.05) is 65.6 Å². The maximum absolute atomic E-state index is 13.9. The van der Waals surface area contributed by atoms with Crippen molar-refractivity contribution in [1.29, 1.82) is 0 Å². The standard InChI is InChI=1S/C17H17BrClF/c1-3-11(2)12-4-6-13(7-5-12)17(18)15-10-14(19)8-9-16(15)20/h4-11,17H,3H2,1-2H3. The molecule has 0 aliphatic rings. The van der Waals surface area contributed by atoms with E-state index in [1.54, 1.807) is 12.1 Å². The van der Waals surface area contributed by atoms with Crippen LogP contribution in [0, 0.1) is 5.82 Å². The van der Waals surface area contributed by atoms with Crippen molar-refractivity contribution in [3.8, 4) is 0 Å². The first-order chi connectivity index (χ1) is 9.52. The van der Waals surface area contributed by atoms with E-state index in [-0.39, 0.29) is 10.6 Å². The molecule has 0 amide bonds. The molecule has 0 aliphatic heterocycles. The van der Waals surface area contributed by atoms with Crippen LogP contribution in [0.4, 0.5) is 4.39 Å². The summed E-state index contributed by atoms with van der Waals surface area (Å²) in [7, 11) is 0. The van der Waals surface area contributed by atoms with Crippen LogP contribution in [0.25, 0.3) is 0 Å². The molecule has 0 spiro atoms. The minimum absolute atomic E-state index is 0.188. The molecule has 0 heterocycles. The molecule has 20 heavy (non-hydrogen) atoms. The average Bonchev–Trinajstić information content (AvgIpc) is 2.48. The van der Waals surface area contributed by atoms with Crippen molar-refractivity contribution < 1.29 is 4.39 Å². The number of hydrogen-bond donors (Lipinski definition) is 0. The Morgan fingerprint density at radius 2 is 1.70 bits per heavy atom. The summed E-state index contributed by atoms with van der Waals surface area (Å²) in [6.07, 6.45) is 1.11. The van der Waals surface area contributed by atoms with Crippen LogP contribution in [0.3, 0.4) is 0 Å². The molecule has 2 aromatic carbocycles. The van der Waals surface area contributed by atoms with E-state index in [9.17, 15) is 4.39 Å². The van der Waals surface area contributed by atoms with E-state index in [1.165, 1.54) is 11.6 Å². The molecule has 0 nitrogen and oxygen atoms in total. The van der Waals surface area contributed by atoms with E-state index in [4.69, 9.17) is 11.6 Å². The second-order valence-electron chi connectivity index (χ2n) is 5.00. The summed E-state index contributed by atoms with van der Waals surface area (Å²) in [6.45, 7) is 4.38. The van der Waals surface area contributed by atoms with E-state index >= 15 is 0 Å². The highest BCUT2D eigenvalue weighted by atomic mass is 79.9. The third-order valence-electron chi connectivity index (χ3n) is 3.64. The van der Waals surface area contributed by atoms with E-state index < -0.39 is 0 Å². The number of halogens is 3. The minimum atomic E-state index is -0.248. The maximum atomic E-state index is 13.9. The zero-order valence-corrected chi connectivity index (χ0v) is 13.9. The van der Waals surface area contributed by atoms with E-state index in [2.05, 4.69) is 41.9 Å². The van der Waals surface area contributed by atoms with Gasteiger partial charge in [-0.15, -0.1) is 0 Å². The molecule has 0 aromatic heterocycles. The predicted molar refractivity (Wildman–Crippen MR) is 87.3 cm³/mol. The van der Waals surface area contributed by atoms with Crippen LogP contribution >= 0.6 is 27.5 Å². The Morgan fingerprint density at radius 1 is 1.10 bits per heavy atom. The highest BCUT2D eigenvalue weighted by molar-refractivity contribution is 9.09. The highest BCUT2D eigenvalue weighted by Gasteiger charge is 2.15. The summed E-state index contributed by atoms with van der Waals surface area (Å²) in [4.78, 5) is -0.188. The van der Waals surface area contributed by atoms with Crippen molar-refractivity contribution in [3.05, 3.63) is 70.0 Å². The molecule has 0 aliphatic carbocycles. The van der Waals surface area contributed by atoms with Gasteiger partial charge in [0.1, 0.15) is 5.82 Å². The van der Waals surface area contributed by atoms with Crippen LogP contribution in [-0.2, 0) is 0 Å². The number of benzene rings is 2. The molecule has 0 bridgehead atoms. The van der Waals surface area contributed by atoms with E-state index in [1.807, 2.05) is 12.1 Å². The molecule has 0 N–H and O–H groups in total. The molecular formula is C17H17BrClF. The number of hydrogen-bond acceptors (Lipinski definition) is 0. The Hall–Kier alpha value is -0.860. The van der Waals surface area contributed by atoms with Crippen molar-refractivity contribution in [1.82, 2.24) is 0 Å². The summed E-state index contributed by atoms with van der Waals surface area (Å²) in [5, 5.41) is 0.544. The monoisotopic (exact) mass is 354 g/mol. The first kappa shape index (κ1) is 15.5. The van der Waals surface area contributed by atoms with E-state index in [0.29, 0.717) is 16.5 Å². The van der Waals surface area contributed by atoms with Gasteiger partial charge in [0.05, 0.1) is 4.83 Å². The second kappa shape index (κ2) is 6.73.